The third kappa shape index (κ3) is 2.82. The molecule has 0 spiro atoms. The number of carboxylic acid groups (broad SMARTS) is 1. The van der Waals surface area contributed by atoms with Crippen molar-refractivity contribution in [3.05, 3.63) is 57.1 Å². The van der Waals surface area contributed by atoms with Gasteiger partial charge in [-0.3, -0.25) is 4.79 Å². The lowest BCUT2D eigenvalue weighted by Crippen LogP contribution is -2.01. The molecule has 1 heterocycles. The number of hydrogen-bond acceptors (Lipinski definition) is 1. The first kappa shape index (κ1) is 15.9. The normalized spacial score (nSPS) is 11.1. The van der Waals surface area contributed by atoms with Crippen molar-refractivity contribution in [2.75, 3.05) is 0 Å². The molecule has 0 saturated carbocycles. The maximum atomic E-state index is 11.4. The largest absolute Gasteiger partial charge is 0.481 e. The molecule has 3 nitrogen and oxygen atoms in total. The van der Waals surface area contributed by atoms with Crippen molar-refractivity contribution in [2.45, 2.75) is 20.3 Å². The van der Waals surface area contributed by atoms with Gasteiger partial charge in [0, 0.05) is 21.5 Å². The van der Waals surface area contributed by atoms with Gasteiger partial charge in [0.15, 0.2) is 0 Å². The lowest BCUT2D eigenvalue weighted by atomic mass is 9.98. The standard InChI is InChI=1S/C18H15Cl2NO2/c1-9-3-4-10(2)17-16(9)13(8-15(22)23)18(21-17)12-6-5-11(19)7-14(12)20/h3-7,21H,8H2,1-2H3,(H,22,23). The van der Waals surface area contributed by atoms with E-state index in [2.05, 4.69) is 4.98 Å². The second-order valence-electron chi connectivity index (χ2n) is 5.62. The first-order valence-corrected chi connectivity index (χ1v) is 7.92. The molecular weight excluding hydrogens is 333 g/mol. The Bertz CT molecular complexity index is 928. The minimum absolute atomic E-state index is 0.0709. The number of H-pyrrole nitrogens is 1. The molecule has 0 radical (unpaired) electrons. The summed E-state index contributed by atoms with van der Waals surface area (Å²) < 4.78 is 0. The number of carbonyl (C=O) groups is 1. The molecule has 0 bridgehead atoms. The van der Waals surface area contributed by atoms with Gasteiger partial charge in [-0.15, -0.1) is 0 Å². The van der Waals surface area contributed by atoms with Crippen LogP contribution in [0.5, 0.6) is 0 Å². The molecule has 0 saturated heterocycles. The van der Waals surface area contributed by atoms with Crippen molar-refractivity contribution in [1.29, 1.82) is 0 Å². The number of carboxylic acids is 1. The number of aromatic amines is 1. The van der Waals surface area contributed by atoms with E-state index in [1.807, 2.05) is 32.0 Å². The topological polar surface area (TPSA) is 53.1 Å². The minimum Gasteiger partial charge on any atom is -0.481 e. The van der Waals surface area contributed by atoms with Crippen LogP contribution in [0, 0.1) is 13.8 Å². The highest BCUT2D eigenvalue weighted by molar-refractivity contribution is 6.36. The monoisotopic (exact) mass is 347 g/mol. The van der Waals surface area contributed by atoms with Crippen LogP contribution in [0.25, 0.3) is 22.2 Å². The average Bonchev–Trinajstić information content (AvgIpc) is 2.83. The third-order valence-corrected chi connectivity index (χ3v) is 4.55. The van der Waals surface area contributed by atoms with Crippen molar-refractivity contribution in [2.24, 2.45) is 0 Å². The van der Waals surface area contributed by atoms with Gasteiger partial charge < -0.3 is 10.1 Å². The highest BCUT2D eigenvalue weighted by Gasteiger charge is 2.20. The number of benzene rings is 2. The predicted octanol–water partition coefficient (Wildman–Crippen LogP) is 5.39. The van der Waals surface area contributed by atoms with Crippen LogP contribution in [-0.4, -0.2) is 16.1 Å². The van der Waals surface area contributed by atoms with Gasteiger partial charge in [-0.05, 0) is 48.7 Å². The molecule has 1 aromatic heterocycles. The zero-order valence-corrected chi connectivity index (χ0v) is 14.2. The molecule has 2 N–H and O–H groups in total. The highest BCUT2D eigenvalue weighted by atomic mass is 35.5. The molecule has 0 amide bonds. The van der Waals surface area contributed by atoms with Crippen LogP contribution in [0.4, 0.5) is 0 Å². The molecule has 3 rings (SSSR count). The number of nitrogens with one attached hydrogen (secondary N) is 1. The van der Waals surface area contributed by atoms with Gasteiger partial charge in [0.1, 0.15) is 0 Å². The number of aromatic nitrogens is 1. The van der Waals surface area contributed by atoms with Crippen LogP contribution < -0.4 is 0 Å². The van der Waals surface area contributed by atoms with E-state index in [0.29, 0.717) is 10.0 Å². The van der Waals surface area contributed by atoms with Gasteiger partial charge >= 0.3 is 5.97 Å². The SMILES string of the molecule is Cc1ccc(C)c2c(CC(=O)O)c(-c3ccc(Cl)cc3Cl)[nH]c12. The summed E-state index contributed by atoms with van der Waals surface area (Å²) in [6.07, 6.45) is -0.0709. The molecule has 2 aromatic carbocycles. The van der Waals surface area contributed by atoms with Crippen LogP contribution in [-0.2, 0) is 11.2 Å². The number of fused-ring (bicyclic) bond motifs is 1. The summed E-state index contributed by atoms with van der Waals surface area (Å²) in [5, 5.41) is 11.3. The van der Waals surface area contributed by atoms with Gasteiger partial charge in [0.05, 0.1) is 17.1 Å². The van der Waals surface area contributed by atoms with Gasteiger partial charge in [-0.1, -0.05) is 35.3 Å². The van der Waals surface area contributed by atoms with Gasteiger partial charge in [0.25, 0.3) is 0 Å². The Balaban J connectivity index is 2.37. The van der Waals surface area contributed by atoms with E-state index in [-0.39, 0.29) is 6.42 Å². The Kier molecular flexibility index (Phi) is 4.09. The van der Waals surface area contributed by atoms with Crippen LogP contribution >= 0.6 is 23.2 Å². The molecule has 23 heavy (non-hydrogen) atoms. The molecule has 118 valence electrons. The molecule has 0 aliphatic heterocycles. The predicted molar refractivity (Wildman–Crippen MR) is 94.6 cm³/mol. The van der Waals surface area contributed by atoms with Crippen molar-refractivity contribution >= 4 is 40.1 Å². The van der Waals surface area contributed by atoms with Crippen LogP contribution in [0.3, 0.4) is 0 Å². The van der Waals surface area contributed by atoms with E-state index in [1.54, 1.807) is 12.1 Å². The lowest BCUT2D eigenvalue weighted by molar-refractivity contribution is -0.136. The summed E-state index contributed by atoms with van der Waals surface area (Å²) >= 11 is 12.3. The van der Waals surface area contributed by atoms with E-state index >= 15 is 0 Å². The summed E-state index contributed by atoms with van der Waals surface area (Å²) in [6, 6.07) is 9.24. The van der Waals surface area contributed by atoms with Crippen LogP contribution in [0.2, 0.25) is 10.0 Å². The first-order valence-electron chi connectivity index (χ1n) is 7.16. The third-order valence-electron chi connectivity index (χ3n) is 4.00. The fourth-order valence-corrected chi connectivity index (χ4v) is 3.44. The molecule has 0 aliphatic rings. The molecular formula is C18H15Cl2NO2. The number of aliphatic carboxylic acids is 1. The Hall–Kier alpha value is -1.97. The van der Waals surface area contributed by atoms with Crippen molar-refractivity contribution in [3.63, 3.8) is 0 Å². The molecule has 0 atom stereocenters. The Morgan fingerprint density at radius 2 is 1.83 bits per heavy atom. The van der Waals surface area contributed by atoms with E-state index in [1.165, 1.54) is 0 Å². The zero-order valence-electron chi connectivity index (χ0n) is 12.7. The van der Waals surface area contributed by atoms with Gasteiger partial charge in [-0.25, -0.2) is 0 Å². The summed E-state index contributed by atoms with van der Waals surface area (Å²) in [6.45, 7) is 3.98. The minimum atomic E-state index is -0.877. The number of hydrogen-bond donors (Lipinski definition) is 2. The molecule has 5 heteroatoms. The molecule has 3 aromatic rings. The van der Waals surface area contributed by atoms with E-state index in [4.69, 9.17) is 23.2 Å². The Labute approximate surface area is 143 Å². The Morgan fingerprint density at radius 1 is 1.13 bits per heavy atom. The van der Waals surface area contributed by atoms with Crippen molar-refractivity contribution < 1.29 is 9.90 Å². The maximum Gasteiger partial charge on any atom is 0.307 e. The van der Waals surface area contributed by atoms with Crippen LogP contribution in [0.1, 0.15) is 16.7 Å². The lowest BCUT2D eigenvalue weighted by Gasteiger charge is -2.06. The fraction of sp³-hybridized carbons (Fsp3) is 0.167. The van der Waals surface area contributed by atoms with Crippen molar-refractivity contribution in [1.82, 2.24) is 4.98 Å². The van der Waals surface area contributed by atoms with Crippen molar-refractivity contribution in [3.8, 4) is 11.3 Å². The fourth-order valence-electron chi connectivity index (χ4n) is 2.94. The summed E-state index contributed by atoms with van der Waals surface area (Å²) in [4.78, 5) is 14.7. The summed E-state index contributed by atoms with van der Waals surface area (Å²) in [5.74, 6) is -0.877. The highest BCUT2D eigenvalue weighted by Crippen LogP contribution is 2.38. The average molecular weight is 348 g/mol. The second kappa shape index (κ2) is 5.91. The number of halogens is 2. The molecule has 0 fully saturated rings. The Morgan fingerprint density at radius 3 is 2.48 bits per heavy atom. The second-order valence-corrected chi connectivity index (χ2v) is 6.47. The quantitative estimate of drug-likeness (QED) is 0.667. The van der Waals surface area contributed by atoms with Crippen LogP contribution in [0.15, 0.2) is 30.3 Å². The number of rotatable bonds is 3. The van der Waals surface area contributed by atoms with Gasteiger partial charge in [0.2, 0.25) is 0 Å². The van der Waals surface area contributed by atoms with E-state index in [9.17, 15) is 9.90 Å². The summed E-state index contributed by atoms with van der Waals surface area (Å²) in [7, 11) is 0. The summed E-state index contributed by atoms with van der Waals surface area (Å²) in [5.41, 5.74) is 5.28. The van der Waals surface area contributed by atoms with E-state index < -0.39 is 5.97 Å². The number of aryl methyl sites for hydroxylation is 2. The smallest absolute Gasteiger partial charge is 0.307 e. The first-order chi connectivity index (χ1) is 10.9. The maximum absolute atomic E-state index is 11.4. The van der Waals surface area contributed by atoms with Gasteiger partial charge in [-0.2, -0.15) is 0 Å². The molecule has 0 unspecified atom stereocenters. The van der Waals surface area contributed by atoms with E-state index in [0.717, 1.165) is 38.9 Å². The zero-order chi connectivity index (χ0) is 16.7. The molecule has 0 aliphatic carbocycles.